The standard InChI is InChI=1S/C16H17FN4OS/c17-14-3-1-2-11(18-14)16-20-13(9-23-16)15(22)19-12-8-21-6-4-10(12)5-7-21/h1-3,9-10,12H,4-8H2,(H,19,22)/t12-/m0/s1. The Bertz CT molecular complexity index is 726. The van der Waals surface area contributed by atoms with Crippen LogP contribution in [0.15, 0.2) is 23.6 Å². The molecular weight excluding hydrogens is 315 g/mol. The molecule has 3 aliphatic rings. The second kappa shape index (κ2) is 5.98. The van der Waals surface area contributed by atoms with Crippen molar-refractivity contribution in [2.45, 2.75) is 18.9 Å². The number of rotatable bonds is 3. The van der Waals surface area contributed by atoms with Gasteiger partial charge in [0, 0.05) is 18.0 Å². The van der Waals surface area contributed by atoms with Crippen molar-refractivity contribution >= 4 is 17.2 Å². The number of amides is 1. The van der Waals surface area contributed by atoms with Gasteiger partial charge in [-0.2, -0.15) is 4.39 Å². The molecule has 23 heavy (non-hydrogen) atoms. The number of nitrogens with zero attached hydrogens (tertiary/aromatic N) is 3. The van der Waals surface area contributed by atoms with Crippen molar-refractivity contribution < 1.29 is 9.18 Å². The number of halogens is 1. The van der Waals surface area contributed by atoms with Crippen LogP contribution in [-0.4, -0.2) is 46.5 Å². The maximum Gasteiger partial charge on any atom is 0.271 e. The van der Waals surface area contributed by atoms with Gasteiger partial charge >= 0.3 is 0 Å². The normalized spacial score (nSPS) is 26.2. The number of pyridine rings is 1. The smallest absolute Gasteiger partial charge is 0.271 e. The largest absolute Gasteiger partial charge is 0.346 e. The van der Waals surface area contributed by atoms with E-state index < -0.39 is 5.95 Å². The Morgan fingerprint density at radius 3 is 2.83 bits per heavy atom. The summed E-state index contributed by atoms with van der Waals surface area (Å²) in [6.07, 6.45) is 2.31. The summed E-state index contributed by atoms with van der Waals surface area (Å²) in [5.41, 5.74) is 0.837. The lowest BCUT2D eigenvalue weighted by molar-refractivity contribution is 0.0618. The van der Waals surface area contributed by atoms with Gasteiger partial charge in [-0.25, -0.2) is 9.97 Å². The molecule has 1 N–H and O–H groups in total. The van der Waals surface area contributed by atoms with Gasteiger partial charge in [0.05, 0.1) is 0 Å². The van der Waals surface area contributed by atoms with Crippen LogP contribution in [-0.2, 0) is 0 Å². The number of carbonyl (C=O) groups excluding carboxylic acids is 1. The molecule has 0 radical (unpaired) electrons. The van der Waals surface area contributed by atoms with Crippen molar-refractivity contribution in [1.82, 2.24) is 20.2 Å². The molecule has 2 aromatic rings. The lowest BCUT2D eigenvalue weighted by Gasteiger charge is -2.44. The second-order valence-corrected chi connectivity index (χ2v) is 6.96. The zero-order valence-electron chi connectivity index (χ0n) is 12.5. The van der Waals surface area contributed by atoms with Crippen LogP contribution in [0.4, 0.5) is 4.39 Å². The molecule has 1 atom stereocenters. The van der Waals surface area contributed by atoms with Crippen LogP contribution in [0.3, 0.4) is 0 Å². The van der Waals surface area contributed by atoms with Gasteiger partial charge in [0.2, 0.25) is 5.95 Å². The lowest BCUT2D eigenvalue weighted by atomic mass is 9.84. The minimum Gasteiger partial charge on any atom is -0.346 e. The number of fused-ring (bicyclic) bond motifs is 3. The Morgan fingerprint density at radius 1 is 1.30 bits per heavy atom. The van der Waals surface area contributed by atoms with Crippen molar-refractivity contribution in [2.75, 3.05) is 19.6 Å². The molecule has 1 amide bonds. The predicted molar refractivity (Wildman–Crippen MR) is 85.7 cm³/mol. The number of thiazole rings is 1. The minimum absolute atomic E-state index is 0.150. The Morgan fingerprint density at radius 2 is 2.13 bits per heavy atom. The summed E-state index contributed by atoms with van der Waals surface area (Å²) in [4.78, 5) is 22.9. The number of hydrogen-bond donors (Lipinski definition) is 1. The van der Waals surface area contributed by atoms with Gasteiger partial charge in [0.25, 0.3) is 5.91 Å². The van der Waals surface area contributed by atoms with Crippen LogP contribution in [0, 0.1) is 11.9 Å². The number of piperidine rings is 3. The first-order valence-corrected chi connectivity index (χ1v) is 8.69. The van der Waals surface area contributed by atoms with E-state index in [1.54, 1.807) is 17.5 Å². The summed E-state index contributed by atoms with van der Waals surface area (Å²) in [7, 11) is 0. The molecule has 2 aromatic heterocycles. The molecule has 120 valence electrons. The van der Waals surface area contributed by atoms with Gasteiger partial charge < -0.3 is 10.2 Å². The van der Waals surface area contributed by atoms with Gasteiger partial charge in [0.1, 0.15) is 16.4 Å². The Labute approximate surface area is 137 Å². The fourth-order valence-electron chi connectivity index (χ4n) is 3.39. The summed E-state index contributed by atoms with van der Waals surface area (Å²) in [6.45, 7) is 3.21. The van der Waals surface area contributed by atoms with E-state index in [2.05, 4.69) is 20.2 Å². The Hall–Kier alpha value is -1.86. The van der Waals surface area contributed by atoms with Crippen LogP contribution < -0.4 is 5.32 Å². The van der Waals surface area contributed by atoms with E-state index in [4.69, 9.17) is 0 Å². The third-order valence-corrected chi connectivity index (χ3v) is 5.51. The second-order valence-electron chi connectivity index (χ2n) is 6.10. The summed E-state index contributed by atoms with van der Waals surface area (Å²) < 4.78 is 13.2. The van der Waals surface area contributed by atoms with E-state index in [0.29, 0.717) is 22.3 Å². The first-order chi connectivity index (χ1) is 11.2. The summed E-state index contributed by atoms with van der Waals surface area (Å²) in [5, 5.41) is 5.38. The van der Waals surface area contributed by atoms with E-state index >= 15 is 0 Å². The summed E-state index contributed by atoms with van der Waals surface area (Å²) in [6, 6.07) is 4.78. The molecule has 3 fully saturated rings. The van der Waals surface area contributed by atoms with Gasteiger partial charge in [0.15, 0.2) is 0 Å². The molecule has 0 saturated carbocycles. The van der Waals surface area contributed by atoms with Crippen LogP contribution in [0.2, 0.25) is 0 Å². The first-order valence-electron chi connectivity index (χ1n) is 7.81. The molecule has 3 aliphatic heterocycles. The predicted octanol–water partition coefficient (Wildman–Crippen LogP) is 2.17. The molecule has 0 spiro atoms. The highest BCUT2D eigenvalue weighted by atomic mass is 32.1. The van der Waals surface area contributed by atoms with Gasteiger partial charge in [-0.15, -0.1) is 11.3 Å². The van der Waals surface area contributed by atoms with E-state index in [9.17, 15) is 9.18 Å². The number of aromatic nitrogens is 2. The van der Waals surface area contributed by atoms with Crippen LogP contribution in [0.1, 0.15) is 23.3 Å². The number of hydrogen-bond acceptors (Lipinski definition) is 5. The Balaban J connectivity index is 1.47. The van der Waals surface area contributed by atoms with E-state index in [1.807, 2.05) is 0 Å². The lowest BCUT2D eigenvalue weighted by Crippen LogP contribution is -2.57. The third kappa shape index (κ3) is 2.98. The molecule has 7 heteroatoms. The van der Waals surface area contributed by atoms with Crippen molar-refractivity contribution in [2.24, 2.45) is 5.92 Å². The molecule has 5 nitrogen and oxygen atoms in total. The fourth-order valence-corrected chi connectivity index (χ4v) is 4.16. The topological polar surface area (TPSA) is 58.1 Å². The average Bonchev–Trinajstić information content (AvgIpc) is 3.06. The van der Waals surface area contributed by atoms with E-state index in [0.717, 1.165) is 32.5 Å². The summed E-state index contributed by atoms with van der Waals surface area (Å²) in [5.74, 6) is -0.120. The number of carbonyl (C=O) groups is 1. The zero-order valence-corrected chi connectivity index (χ0v) is 13.4. The monoisotopic (exact) mass is 332 g/mol. The van der Waals surface area contributed by atoms with Crippen LogP contribution in [0.25, 0.3) is 10.7 Å². The third-order valence-electron chi connectivity index (χ3n) is 4.64. The highest BCUT2D eigenvalue weighted by molar-refractivity contribution is 7.13. The molecular formula is C16H17FN4OS. The average molecular weight is 332 g/mol. The Kier molecular flexibility index (Phi) is 3.82. The molecule has 5 heterocycles. The van der Waals surface area contributed by atoms with E-state index in [-0.39, 0.29) is 11.9 Å². The van der Waals surface area contributed by atoms with Crippen molar-refractivity contribution in [1.29, 1.82) is 0 Å². The van der Waals surface area contributed by atoms with Crippen LogP contribution >= 0.6 is 11.3 Å². The minimum atomic E-state index is -0.545. The molecule has 5 rings (SSSR count). The van der Waals surface area contributed by atoms with Crippen molar-refractivity contribution in [3.05, 3.63) is 35.2 Å². The molecule has 0 aliphatic carbocycles. The van der Waals surface area contributed by atoms with Gasteiger partial charge in [-0.3, -0.25) is 4.79 Å². The van der Waals surface area contributed by atoms with Crippen molar-refractivity contribution in [3.63, 3.8) is 0 Å². The van der Waals surface area contributed by atoms with Gasteiger partial charge in [-0.1, -0.05) is 6.07 Å². The molecule has 0 aromatic carbocycles. The molecule has 3 saturated heterocycles. The summed E-state index contributed by atoms with van der Waals surface area (Å²) >= 11 is 1.31. The van der Waals surface area contributed by atoms with Gasteiger partial charge in [-0.05, 0) is 44.0 Å². The molecule has 2 bridgehead atoms. The zero-order chi connectivity index (χ0) is 15.8. The maximum absolute atomic E-state index is 13.2. The quantitative estimate of drug-likeness (QED) is 0.875. The highest BCUT2D eigenvalue weighted by Crippen LogP contribution is 2.28. The number of nitrogens with one attached hydrogen (secondary N) is 1. The van der Waals surface area contributed by atoms with E-state index in [1.165, 1.54) is 17.4 Å². The first kappa shape index (κ1) is 14.7. The molecule has 0 unspecified atom stereocenters. The fraction of sp³-hybridized carbons (Fsp3) is 0.438. The van der Waals surface area contributed by atoms with Crippen LogP contribution in [0.5, 0.6) is 0 Å². The van der Waals surface area contributed by atoms with Crippen molar-refractivity contribution in [3.8, 4) is 10.7 Å². The highest BCUT2D eigenvalue weighted by Gasteiger charge is 2.35. The SMILES string of the molecule is O=C(N[C@H]1CN2CCC1CC2)c1csc(-c2cccc(F)n2)n1. The maximum atomic E-state index is 13.2.